The van der Waals surface area contributed by atoms with Crippen molar-refractivity contribution in [1.29, 1.82) is 0 Å². The normalized spacial score (nSPS) is 13.9. The second kappa shape index (κ2) is 7.89. The smallest absolute Gasteiger partial charge is 0.132 e. The zero-order valence-corrected chi connectivity index (χ0v) is 11.2. The van der Waals surface area contributed by atoms with Crippen LogP contribution in [0.25, 0.3) is 0 Å². The molecule has 1 aromatic carbocycles. The lowest BCUT2D eigenvalue weighted by Gasteiger charge is -2.16. The molecule has 0 radical (unpaired) electrons. The summed E-state index contributed by atoms with van der Waals surface area (Å²) in [6.45, 7) is 1.68. The number of aliphatic hydroxyl groups excluding tert-OH is 2. The number of ether oxygens (including phenoxy) is 2. The van der Waals surface area contributed by atoms with Gasteiger partial charge >= 0.3 is 0 Å². The van der Waals surface area contributed by atoms with Crippen LogP contribution in [0.1, 0.15) is 18.9 Å². The van der Waals surface area contributed by atoms with Gasteiger partial charge in [-0.3, -0.25) is 4.79 Å². The molecule has 106 valence electrons. The van der Waals surface area contributed by atoms with E-state index in [4.69, 9.17) is 9.47 Å². The van der Waals surface area contributed by atoms with Gasteiger partial charge in [0, 0.05) is 6.42 Å². The molecule has 0 saturated carbocycles. The Morgan fingerprint density at radius 1 is 1.21 bits per heavy atom. The van der Waals surface area contributed by atoms with Crippen molar-refractivity contribution in [3.63, 3.8) is 0 Å². The second-order valence-electron chi connectivity index (χ2n) is 4.40. The maximum absolute atomic E-state index is 10.8. The minimum absolute atomic E-state index is 0.0134. The summed E-state index contributed by atoms with van der Waals surface area (Å²) in [5.74, 6) is 0.599. The molecule has 0 aliphatic rings. The molecule has 0 bridgehead atoms. The van der Waals surface area contributed by atoms with Crippen LogP contribution in [0, 0.1) is 0 Å². The molecule has 5 heteroatoms. The molecule has 2 atom stereocenters. The Morgan fingerprint density at radius 3 is 2.37 bits per heavy atom. The number of hydrogen-bond acceptors (Lipinski definition) is 5. The maximum atomic E-state index is 10.8. The molecule has 0 unspecified atom stereocenters. The first kappa shape index (κ1) is 15.6. The summed E-state index contributed by atoms with van der Waals surface area (Å²) in [5.41, 5.74) is 0.939. The maximum Gasteiger partial charge on any atom is 0.132 e. The molecular weight excluding hydrogens is 248 g/mol. The van der Waals surface area contributed by atoms with Crippen molar-refractivity contribution < 1.29 is 24.5 Å². The van der Waals surface area contributed by atoms with Crippen molar-refractivity contribution in [2.75, 3.05) is 13.7 Å². The van der Waals surface area contributed by atoms with Crippen molar-refractivity contribution in [2.24, 2.45) is 0 Å². The van der Waals surface area contributed by atoms with E-state index < -0.39 is 12.2 Å². The first-order valence-corrected chi connectivity index (χ1v) is 6.09. The van der Waals surface area contributed by atoms with Crippen LogP contribution in [0.5, 0.6) is 5.75 Å². The Morgan fingerprint density at radius 2 is 1.84 bits per heavy atom. The average molecular weight is 268 g/mol. The van der Waals surface area contributed by atoms with Crippen LogP contribution in [-0.2, 0) is 16.1 Å². The van der Waals surface area contributed by atoms with Gasteiger partial charge in [0.2, 0.25) is 0 Å². The molecule has 0 fully saturated rings. The number of Topliss-reactive ketones (excluding diaryl/α,β-unsaturated/α-hetero) is 1. The van der Waals surface area contributed by atoms with E-state index in [2.05, 4.69) is 0 Å². The first-order valence-electron chi connectivity index (χ1n) is 6.09. The van der Waals surface area contributed by atoms with Gasteiger partial charge in [0.05, 0.1) is 26.4 Å². The molecular formula is C14H20O5. The van der Waals surface area contributed by atoms with Crippen LogP contribution >= 0.6 is 0 Å². The first-order chi connectivity index (χ1) is 9.02. The molecule has 1 aromatic rings. The van der Waals surface area contributed by atoms with Gasteiger partial charge in [0.25, 0.3) is 0 Å². The largest absolute Gasteiger partial charge is 0.497 e. The van der Waals surface area contributed by atoms with Crippen molar-refractivity contribution >= 4 is 5.78 Å². The number of benzene rings is 1. The summed E-state index contributed by atoms with van der Waals surface area (Å²) in [6.07, 6.45) is -2.19. The standard InChI is InChI=1S/C14H20O5/c1-10(15)7-13(16)14(17)9-19-8-11-3-5-12(18-2)6-4-11/h3-6,13-14,16-17H,7-9H2,1-2H3/t13-,14-/m0/s1. The highest BCUT2D eigenvalue weighted by atomic mass is 16.5. The molecule has 0 aromatic heterocycles. The van der Waals surface area contributed by atoms with E-state index in [0.717, 1.165) is 11.3 Å². The highest BCUT2D eigenvalue weighted by molar-refractivity contribution is 5.76. The van der Waals surface area contributed by atoms with Crippen LogP contribution in [0.15, 0.2) is 24.3 Å². The number of rotatable bonds is 8. The van der Waals surface area contributed by atoms with E-state index in [1.807, 2.05) is 24.3 Å². The highest BCUT2D eigenvalue weighted by Gasteiger charge is 2.17. The van der Waals surface area contributed by atoms with Gasteiger partial charge in [-0.1, -0.05) is 12.1 Å². The Labute approximate surface area is 112 Å². The van der Waals surface area contributed by atoms with Gasteiger partial charge in [0.1, 0.15) is 17.6 Å². The van der Waals surface area contributed by atoms with Gasteiger partial charge in [0.15, 0.2) is 0 Å². The molecule has 0 aliphatic carbocycles. The topological polar surface area (TPSA) is 76.0 Å². The van der Waals surface area contributed by atoms with Crippen molar-refractivity contribution in [2.45, 2.75) is 32.2 Å². The summed E-state index contributed by atoms with van der Waals surface area (Å²) in [5, 5.41) is 19.1. The second-order valence-corrected chi connectivity index (χ2v) is 4.40. The number of methoxy groups -OCH3 is 1. The Kier molecular flexibility index (Phi) is 6.49. The van der Waals surface area contributed by atoms with E-state index in [-0.39, 0.29) is 18.8 Å². The van der Waals surface area contributed by atoms with Gasteiger partial charge in [-0.2, -0.15) is 0 Å². The number of carbonyl (C=O) groups is 1. The average Bonchev–Trinajstić information content (AvgIpc) is 2.38. The van der Waals surface area contributed by atoms with E-state index >= 15 is 0 Å². The zero-order chi connectivity index (χ0) is 14.3. The third-order valence-corrected chi connectivity index (χ3v) is 2.66. The molecule has 0 heterocycles. The Bertz CT molecular complexity index is 387. The molecule has 0 saturated heterocycles. The summed E-state index contributed by atoms with van der Waals surface area (Å²) < 4.78 is 10.3. The molecule has 19 heavy (non-hydrogen) atoms. The summed E-state index contributed by atoms with van der Waals surface area (Å²) in [7, 11) is 1.60. The zero-order valence-electron chi connectivity index (χ0n) is 11.2. The minimum atomic E-state index is -1.08. The molecule has 5 nitrogen and oxygen atoms in total. The molecule has 0 amide bonds. The molecule has 2 N–H and O–H groups in total. The Balaban J connectivity index is 2.30. The highest BCUT2D eigenvalue weighted by Crippen LogP contribution is 2.12. The van der Waals surface area contributed by atoms with Crippen LogP contribution in [0.3, 0.4) is 0 Å². The van der Waals surface area contributed by atoms with Crippen molar-refractivity contribution in [3.8, 4) is 5.75 Å². The number of aliphatic hydroxyl groups is 2. The lowest BCUT2D eigenvalue weighted by molar-refractivity contribution is -0.121. The van der Waals surface area contributed by atoms with Crippen LogP contribution in [0.4, 0.5) is 0 Å². The number of hydrogen-bond donors (Lipinski definition) is 2. The third-order valence-electron chi connectivity index (χ3n) is 2.66. The predicted molar refractivity (Wildman–Crippen MR) is 70.0 cm³/mol. The molecule has 1 rings (SSSR count). The van der Waals surface area contributed by atoms with E-state index in [1.165, 1.54) is 6.92 Å². The quantitative estimate of drug-likeness (QED) is 0.733. The number of ketones is 1. The Hall–Kier alpha value is -1.43. The van der Waals surface area contributed by atoms with Crippen molar-refractivity contribution in [3.05, 3.63) is 29.8 Å². The van der Waals surface area contributed by atoms with Crippen LogP contribution in [0.2, 0.25) is 0 Å². The minimum Gasteiger partial charge on any atom is -0.497 e. The van der Waals surface area contributed by atoms with E-state index in [0.29, 0.717) is 6.61 Å². The van der Waals surface area contributed by atoms with E-state index in [9.17, 15) is 15.0 Å². The van der Waals surface area contributed by atoms with Crippen LogP contribution < -0.4 is 4.74 Å². The van der Waals surface area contributed by atoms with Gasteiger partial charge in [-0.05, 0) is 24.6 Å². The lowest BCUT2D eigenvalue weighted by Crippen LogP contribution is -2.32. The van der Waals surface area contributed by atoms with Gasteiger partial charge < -0.3 is 19.7 Å². The predicted octanol–water partition coefficient (Wildman–Crippen LogP) is 0.913. The van der Waals surface area contributed by atoms with Crippen molar-refractivity contribution in [1.82, 2.24) is 0 Å². The fourth-order valence-electron chi connectivity index (χ4n) is 1.56. The summed E-state index contributed by atoms with van der Waals surface area (Å²) in [6, 6.07) is 7.36. The number of carbonyl (C=O) groups excluding carboxylic acids is 1. The van der Waals surface area contributed by atoms with E-state index in [1.54, 1.807) is 7.11 Å². The van der Waals surface area contributed by atoms with Gasteiger partial charge in [-0.25, -0.2) is 0 Å². The summed E-state index contributed by atoms with van der Waals surface area (Å²) in [4.78, 5) is 10.8. The lowest BCUT2D eigenvalue weighted by atomic mass is 10.1. The van der Waals surface area contributed by atoms with Gasteiger partial charge in [-0.15, -0.1) is 0 Å². The third kappa shape index (κ3) is 5.83. The molecule has 0 spiro atoms. The fourth-order valence-corrected chi connectivity index (χ4v) is 1.56. The fraction of sp³-hybridized carbons (Fsp3) is 0.500. The monoisotopic (exact) mass is 268 g/mol. The molecule has 0 aliphatic heterocycles. The van der Waals surface area contributed by atoms with Crippen LogP contribution in [-0.4, -0.2) is 41.9 Å². The summed E-state index contributed by atoms with van der Waals surface area (Å²) >= 11 is 0. The SMILES string of the molecule is COc1ccc(COC[C@H](O)[C@@H](O)CC(C)=O)cc1.